The first-order valence-corrected chi connectivity index (χ1v) is 9.55. The molecule has 2 heterocycles. The minimum atomic E-state index is -0.478. The fraction of sp³-hybridized carbons (Fsp3) is 0.130. The summed E-state index contributed by atoms with van der Waals surface area (Å²) in [5, 5.41) is 12.7. The molecule has 0 bridgehead atoms. The Hall–Kier alpha value is -3.53. The molecule has 150 valence electrons. The largest absolute Gasteiger partial charge is 0.461 e. The molecule has 2 N–H and O–H groups in total. The van der Waals surface area contributed by atoms with Crippen molar-refractivity contribution in [3.8, 4) is 17.6 Å². The maximum atomic E-state index is 13.1. The summed E-state index contributed by atoms with van der Waals surface area (Å²) in [7, 11) is 0. The smallest absolute Gasteiger partial charge is 0.257 e. The number of ether oxygens (including phenoxy) is 1. The van der Waals surface area contributed by atoms with Crippen LogP contribution in [0, 0.1) is 11.8 Å². The Balaban J connectivity index is 1.77. The van der Waals surface area contributed by atoms with Crippen molar-refractivity contribution in [2.24, 2.45) is 0 Å². The van der Waals surface area contributed by atoms with Gasteiger partial charge in [0.2, 0.25) is 5.43 Å². The van der Waals surface area contributed by atoms with Crippen LogP contribution in [0.1, 0.15) is 28.4 Å². The van der Waals surface area contributed by atoms with E-state index in [1.54, 1.807) is 35.1 Å². The van der Waals surface area contributed by atoms with E-state index in [1.807, 2.05) is 19.1 Å². The van der Waals surface area contributed by atoms with Gasteiger partial charge < -0.3 is 19.7 Å². The van der Waals surface area contributed by atoms with E-state index in [-0.39, 0.29) is 18.7 Å². The molecule has 0 aliphatic carbocycles. The number of aliphatic hydroxyl groups excluding tert-OH is 1. The van der Waals surface area contributed by atoms with Crippen molar-refractivity contribution in [1.82, 2.24) is 9.88 Å². The molecule has 7 heteroatoms. The van der Waals surface area contributed by atoms with Gasteiger partial charge in [0.25, 0.3) is 5.91 Å². The average Bonchev–Trinajstić information content (AvgIpc) is 2.75. The van der Waals surface area contributed by atoms with Gasteiger partial charge in [0.1, 0.15) is 18.4 Å². The van der Waals surface area contributed by atoms with Gasteiger partial charge in [-0.1, -0.05) is 35.6 Å². The summed E-state index contributed by atoms with van der Waals surface area (Å²) in [5.41, 5.74) is 2.29. The molecule has 1 amide bonds. The van der Waals surface area contributed by atoms with E-state index in [0.29, 0.717) is 27.2 Å². The van der Waals surface area contributed by atoms with Crippen LogP contribution in [0.4, 0.5) is 0 Å². The molecule has 1 aliphatic rings. The molecular weight excluding hydrogens is 404 g/mol. The summed E-state index contributed by atoms with van der Waals surface area (Å²) >= 11 is 5.89. The van der Waals surface area contributed by atoms with Crippen LogP contribution in [0.3, 0.4) is 0 Å². The number of nitrogens with zero attached hydrogens (tertiary/aromatic N) is 1. The van der Waals surface area contributed by atoms with E-state index >= 15 is 0 Å². The first-order chi connectivity index (χ1) is 14.5. The second-order valence-electron chi connectivity index (χ2n) is 6.76. The number of nitrogens with one attached hydrogen (secondary N) is 1. The van der Waals surface area contributed by atoms with Gasteiger partial charge in [-0.25, -0.2) is 0 Å². The number of carbonyl (C=O) groups excluding carboxylic acids is 1. The Labute approximate surface area is 177 Å². The summed E-state index contributed by atoms with van der Waals surface area (Å²) in [5.74, 6) is 5.33. The molecule has 0 atom stereocenters. The first-order valence-electron chi connectivity index (χ1n) is 9.17. The highest BCUT2D eigenvalue weighted by Crippen LogP contribution is 2.32. The van der Waals surface area contributed by atoms with Crippen LogP contribution >= 0.6 is 11.6 Å². The number of amides is 1. The van der Waals surface area contributed by atoms with Crippen molar-refractivity contribution >= 4 is 34.1 Å². The molecule has 1 aromatic heterocycles. The fourth-order valence-electron chi connectivity index (χ4n) is 3.26. The maximum absolute atomic E-state index is 13.1. The van der Waals surface area contributed by atoms with Crippen molar-refractivity contribution in [3.05, 3.63) is 80.8 Å². The van der Waals surface area contributed by atoms with Crippen molar-refractivity contribution in [2.45, 2.75) is 13.5 Å². The summed E-state index contributed by atoms with van der Waals surface area (Å²) < 4.78 is 7.40. The Morgan fingerprint density at radius 2 is 2.03 bits per heavy atom. The second-order valence-corrected chi connectivity index (χ2v) is 7.20. The van der Waals surface area contributed by atoms with Crippen LogP contribution in [0.5, 0.6) is 5.75 Å². The van der Waals surface area contributed by atoms with Crippen molar-refractivity contribution in [1.29, 1.82) is 0 Å². The first kappa shape index (κ1) is 19.8. The lowest BCUT2D eigenvalue weighted by Crippen LogP contribution is -2.30. The van der Waals surface area contributed by atoms with Crippen LogP contribution < -0.4 is 15.5 Å². The summed E-state index contributed by atoms with van der Waals surface area (Å²) in [6.45, 7) is 1.78. The van der Waals surface area contributed by atoms with Gasteiger partial charge in [-0.15, -0.1) is 0 Å². The molecule has 0 fully saturated rings. The standard InChI is InChI=1S/C23H17ClN2O4/c1-14-13-30-20-10-16(3-2-8-27)9-18-21(20)26(14)12-19(22(18)28)23(29)25-11-15-4-6-17(24)7-5-15/h4-7,9-10,12-13,27H,8,11H2,1H3,(H,25,29). The van der Waals surface area contributed by atoms with E-state index in [9.17, 15) is 9.59 Å². The van der Waals surface area contributed by atoms with Crippen molar-refractivity contribution < 1.29 is 14.6 Å². The highest BCUT2D eigenvalue weighted by Gasteiger charge is 2.21. The van der Waals surface area contributed by atoms with E-state index in [4.69, 9.17) is 21.4 Å². The molecular formula is C23H17ClN2O4. The van der Waals surface area contributed by atoms with Crippen molar-refractivity contribution in [2.75, 3.05) is 6.61 Å². The predicted molar refractivity (Wildman–Crippen MR) is 115 cm³/mol. The van der Waals surface area contributed by atoms with Gasteiger partial charge in [-0.05, 0) is 36.8 Å². The third kappa shape index (κ3) is 3.69. The summed E-state index contributed by atoms with van der Waals surface area (Å²) in [6, 6.07) is 10.4. The molecule has 30 heavy (non-hydrogen) atoms. The lowest BCUT2D eigenvalue weighted by atomic mass is 10.1. The van der Waals surface area contributed by atoms with E-state index in [1.165, 1.54) is 6.20 Å². The van der Waals surface area contributed by atoms with Gasteiger partial charge in [-0.3, -0.25) is 9.59 Å². The number of carbonyl (C=O) groups is 1. The van der Waals surface area contributed by atoms with E-state index < -0.39 is 11.3 Å². The lowest BCUT2D eigenvalue weighted by Gasteiger charge is -2.20. The average molecular weight is 421 g/mol. The molecule has 0 saturated carbocycles. The molecule has 1 aliphatic heterocycles. The van der Waals surface area contributed by atoms with Gasteiger partial charge in [0, 0.05) is 23.3 Å². The lowest BCUT2D eigenvalue weighted by molar-refractivity contribution is 0.0949. The quantitative estimate of drug-likeness (QED) is 0.638. The molecule has 0 radical (unpaired) electrons. The highest BCUT2D eigenvalue weighted by atomic mass is 35.5. The summed E-state index contributed by atoms with van der Waals surface area (Å²) in [6.07, 6.45) is 3.07. The Kier molecular flexibility index (Phi) is 5.32. The fourth-order valence-corrected chi connectivity index (χ4v) is 3.38. The third-order valence-corrected chi connectivity index (χ3v) is 4.97. The zero-order valence-corrected chi connectivity index (χ0v) is 16.8. The van der Waals surface area contributed by atoms with Gasteiger partial charge in [-0.2, -0.15) is 0 Å². The maximum Gasteiger partial charge on any atom is 0.257 e. The van der Waals surface area contributed by atoms with E-state index in [0.717, 1.165) is 11.3 Å². The molecule has 0 unspecified atom stereocenters. The Morgan fingerprint density at radius 1 is 1.27 bits per heavy atom. The minimum Gasteiger partial charge on any atom is -0.461 e. The number of pyridine rings is 1. The Morgan fingerprint density at radius 3 is 2.77 bits per heavy atom. The summed E-state index contributed by atoms with van der Waals surface area (Å²) in [4.78, 5) is 26.0. The van der Waals surface area contributed by atoms with Crippen molar-refractivity contribution in [3.63, 3.8) is 0 Å². The number of aromatic nitrogens is 1. The zero-order chi connectivity index (χ0) is 21.3. The number of hydrogen-bond acceptors (Lipinski definition) is 4. The zero-order valence-electron chi connectivity index (χ0n) is 16.0. The molecule has 0 spiro atoms. The number of benzene rings is 2. The SMILES string of the molecule is CC1=COc2cc(C#CCO)cc3c(=O)c(C(=O)NCc4ccc(Cl)cc4)cn1c23. The van der Waals surface area contributed by atoms with Crippen LogP contribution in [-0.2, 0) is 6.54 Å². The molecule has 4 rings (SSSR count). The highest BCUT2D eigenvalue weighted by molar-refractivity contribution is 6.30. The third-order valence-electron chi connectivity index (χ3n) is 4.72. The number of aliphatic hydroxyl groups is 1. The molecule has 6 nitrogen and oxygen atoms in total. The van der Waals surface area contributed by atoms with Gasteiger partial charge in [0.15, 0.2) is 5.75 Å². The molecule has 2 aromatic carbocycles. The van der Waals surface area contributed by atoms with Gasteiger partial charge in [0.05, 0.1) is 16.6 Å². The number of halogens is 1. The van der Waals surface area contributed by atoms with Crippen LogP contribution in [-0.4, -0.2) is 22.2 Å². The predicted octanol–water partition coefficient (Wildman–Crippen LogP) is 3.14. The van der Waals surface area contributed by atoms with Crippen LogP contribution in [0.15, 0.2) is 53.7 Å². The number of allylic oxidation sites excluding steroid dienone is 1. The number of hydrogen-bond donors (Lipinski definition) is 2. The Bertz CT molecular complexity index is 1310. The molecule has 3 aromatic rings. The second kappa shape index (κ2) is 8.07. The van der Waals surface area contributed by atoms with Gasteiger partial charge >= 0.3 is 0 Å². The van der Waals surface area contributed by atoms with Crippen LogP contribution in [0.25, 0.3) is 16.6 Å². The topological polar surface area (TPSA) is 80.6 Å². The normalized spacial score (nSPS) is 11.9. The monoisotopic (exact) mass is 420 g/mol. The minimum absolute atomic E-state index is 0.0179. The molecule has 0 saturated heterocycles. The van der Waals surface area contributed by atoms with Crippen LogP contribution in [0.2, 0.25) is 5.02 Å². The van der Waals surface area contributed by atoms with E-state index in [2.05, 4.69) is 17.2 Å². The number of rotatable bonds is 3.